The van der Waals surface area contributed by atoms with E-state index in [2.05, 4.69) is 17.1 Å². The number of benzene rings is 1. The lowest BCUT2D eigenvalue weighted by Crippen LogP contribution is -2.47. The molecule has 0 N–H and O–H groups in total. The molecule has 27 heavy (non-hydrogen) atoms. The van der Waals surface area contributed by atoms with Crippen molar-refractivity contribution in [1.29, 1.82) is 0 Å². The van der Waals surface area contributed by atoms with Crippen molar-refractivity contribution < 1.29 is 13.7 Å². The van der Waals surface area contributed by atoms with Crippen LogP contribution in [0.3, 0.4) is 0 Å². The maximum atomic E-state index is 13.1. The van der Waals surface area contributed by atoms with E-state index in [1.165, 1.54) is 23.5 Å². The molecule has 1 fully saturated rings. The van der Waals surface area contributed by atoms with Gasteiger partial charge >= 0.3 is 0 Å². The third kappa shape index (κ3) is 3.51. The number of halogens is 1. The number of carbonyl (C=O) groups is 1. The maximum absolute atomic E-state index is 13.1. The molecule has 0 bridgehead atoms. The van der Waals surface area contributed by atoms with Crippen LogP contribution >= 0.6 is 11.3 Å². The molecule has 5 nitrogen and oxygen atoms in total. The highest BCUT2D eigenvalue weighted by atomic mass is 32.1. The number of amides is 1. The molecule has 1 saturated heterocycles. The van der Waals surface area contributed by atoms with E-state index >= 15 is 0 Å². The molecule has 7 heteroatoms. The first-order valence-corrected chi connectivity index (χ1v) is 9.72. The first-order valence-electron chi connectivity index (χ1n) is 8.90. The van der Waals surface area contributed by atoms with Crippen LogP contribution in [0.25, 0.3) is 11.5 Å². The zero-order chi connectivity index (χ0) is 19.0. The van der Waals surface area contributed by atoms with Crippen molar-refractivity contribution in [3.8, 4) is 11.5 Å². The van der Waals surface area contributed by atoms with Gasteiger partial charge in [-0.3, -0.25) is 4.79 Å². The average Bonchev–Trinajstić information content (AvgIpc) is 3.31. The summed E-state index contributed by atoms with van der Waals surface area (Å²) in [7, 11) is 0. The third-order valence-electron chi connectivity index (χ3n) is 4.99. The molecule has 140 valence electrons. The first-order chi connectivity index (χ1) is 12.9. The number of thiophene rings is 1. The predicted molar refractivity (Wildman–Crippen MR) is 101 cm³/mol. The van der Waals surface area contributed by atoms with Gasteiger partial charge < -0.3 is 9.42 Å². The predicted octanol–water partition coefficient (Wildman–Crippen LogP) is 4.44. The summed E-state index contributed by atoms with van der Waals surface area (Å²) in [6.45, 7) is 5.34. The average molecular weight is 385 g/mol. The van der Waals surface area contributed by atoms with Crippen LogP contribution in [0.2, 0.25) is 0 Å². The topological polar surface area (TPSA) is 59.2 Å². The van der Waals surface area contributed by atoms with Crippen LogP contribution in [0.15, 0.2) is 40.9 Å². The summed E-state index contributed by atoms with van der Waals surface area (Å²) in [5, 5.41) is 4.17. The maximum Gasteiger partial charge on any atom is 0.263 e. The Balaban J connectivity index is 1.56. The van der Waals surface area contributed by atoms with Crippen molar-refractivity contribution in [2.45, 2.75) is 32.1 Å². The van der Waals surface area contributed by atoms with E-state index in [0.29, 0.717) is 23.8 Å². The highest BCUT2D eigenvalue weighted by Crippen LogP contribution is 2.34. The summed E-state index contributed by atoms with van der Waals surface area (Å²) < 4.78 is 18.5. The van der Waals surface area contributed by atoms with Crippen LogP contribution in [0.1, 0.15) is 40.1 Å². The zero-order valence-electron chi connectivity index (χ0n) is 15.2. The molecule has 3 heterocycles. The highest BCUT2D eigenvalue weighted by molar-refractivity contribution is 7.13. The van der Waals surface area contributed by atoms with Gasteiger partial charge in [0.2, 0.25) is 0 Å². The Morgan fingerprint density at radius 1 is 1.26 bits per heavy atom. The van der Waals surface area contributed by atoms with Crippen LogP contribution in [0, 0.1) is 12.7 Å². The van der Waals surface area contributed by atoms with Crippen LogP contribution in [0.4, 0.5) is 4.39 Å². The summed E-state index contributed by atoms with van der Waals surface area (Å²) in [6, 6.07) is 9.82. The number of piperidine rings is 1. The van der Waals surface area contributed by atoms with Crippen molar-refractivity contribution in [2.75, 3.05) is 13.1 Å². The van der Waals surface area contributed by atoms with Gasteiger partial charge in [0.05, 0.1) is 4.88 Å². The summed E-state index contributed by atoms with van der Waals surface area (Å²) >= 11 is 1.52. The number of rotatable bonds is 3. The Kier molecular flexibility index (Phi) is 4.55. The third-order valence-corrected chi connectivity index (χ3v) is 5.98. The molecule has 1 aromatic carbocycles. The van der Waals surface area contributed by atoms with E-state index in [1.54, 1.807) is 12.1 Å². The molecular formula is C20H20FN3O2S. The Morgan fingerprint density at radius 2 is 2.04 bits per heavy atom. The zero-order valence-corrected chi connectivity index (χ0v) is 16.1. The van der Waals surface area contributed by atoms with E-state index in [1.807, 2.05) is 24.0 Å². The van der Waals surface area contributed by atoms with Gasteiger partial charge in [-0.25, -0.2) is 4.39 Å². The number of carbonyl (C=O) groups excluding carboxylic acids is 1. The molecule has 0 aliphatic carbocycles. The fourth-order valence-electron chi connectivity index (χ4n) is 3.48. The summed E-state index contributed by atoms with van der Waals surface area (Å²) in [6.07, 6.45) is 1.76. The Morgan fingerprint density at radius 3 is 2.74 bits per heavy atom. The van der Waals surface area contributed by atoms with Crippen molar-refractivity contribution in [3.05, 3.63) is 57.8 Å². The smallest absolute Gasteiger partial charge is 0.263 e. The van der Waals surface area contributed by atoms with E-state index in [4.69, 9.17) is 4.52 Å². The van der Waals surface area contributed by atoms with Gasteiger partial charge in [0, 0.05) is 28.9 Å². The van der Waals surface area contributed by atoms with Crippen molar-refractivity contribution in [3.63, 3.8) is 0 Å². The lowest BCUT2D eigenvalue weighted by Gasteiger charge is -2.38. The lowest BCUT2D eigenvalue weighted by atomic mass is 9.81. The molecule has 1 amide bonds. The van der Waals surface area contributed by atoms with Gasteiger partial charge in [-0.05, 0) is 56.2 Å². The number of hydrogen-bond acceptors (Lipinski definition) is 5. The molecule has 0 radical (unpaired) electrons. The Bertz CT molecular complexity index is 966. The van der Waals surface area contributed by atoms with Gasteiger partial charge in [0.25, 0.3) is 11.8 Å². The molecule has 1 aliphatic heterocycles. The molecule has 2 aromatic heterocycles. The standard InChI is InChI=1S/C20H20FN3O2S/c1-13-4-9-16(27-13)18(25)24-11-3-10-20(2,12-24)19-22-17(26-23-19)14-5-7-15(21)8-6-14/h4-9H,3,10-12H2,1-2H3. The quantitative estimate of drug-likeness (QED) is 0.669. The fraction of sp³-hybridized carbons (Fsp3) is 0.350. The van der Waals surface area contributed by atoms with Gasteiger partial charge in [-0.15, -0.1) is 11.3 Å². The van der Waals surface area contributed by atoms with Crippen molar-refractivity contribution in [1.82, 2.24) is 15.0 Å². The monoisotopic (exact) mass is 385 g/mol. The van der Waals surface area contributed by atoms with Crippen LogP contribution in [-0.2, 0) is 5.41 Å². The van der Waals surface area contributed by atoms with Crippen LogP contribution in [-0.4, -0.2) is 34.0 Å². The second kappa shape index (κ2) is 6.88. The fourth-order valence-corrected chi connectivity index (χ4v) is 4.31. The number of likely N-dealkylation sites (tertiary alicyclic amines) is 1. The summed E-state index contributed by atoms with van der Waals surface area (Å²) in [4.78, 5) is 21.1. The first kappa shape index (κ1) is 17.9. The number of nitrogens with zero attached hydrogens (tertiary/aromatic N) is 3. The molecule has 0 saturated carbocycles. The minimum Gasteiger partial charge on any atom is -0.337 e. The molecule has 3 aromatic rings. The van der Waals surface area contributed by atoms with Gasteiger partial charge in [-0.1, -0.05) is 12.1 Å². The Labute approximate surface area is 160 Å². The number of hydrogen-bond donors (Lipinski definition) is 0. The molecule has 1 unspecified atom stereocenters. The van der Waals surface area contributed by atoms with Crippen molar-refractivity contribution >= 4 is 17.2 Å². The highest BCUT2D eigenvalue weighted by Gasteiger charge is 2.39. The van der Waals surface area contributed by atoms with Crippen LogP contribution < -0.4 is 0 Å². The normalized spacial score (nSPS) is 20.0. The Hall–Kier alpha value is -2.54. The molecule has 1 atom stereocenters. The largest absolute Gasteiger partial charge is 0.337 e. The minimum absolute atomic E-state index is 0.0567. The van der Waals surface area contributed by atoms with Crippen LogP contribution in [0.5, 0.6) is 0 Å². The van der Waals surface area contributed by atoms with E-state index in [0.717, 1.165) is 29.1 Å². The van der Waals surface area contributed by atoms with Gasteiger partial charge in [-0.2, -0.15) is 4.98 Å². The van der Waals surface area contributed by atoms with E-state index < -0.39 is 0 Å². The van der Waals surface area contributed by atoms with E-state index in [-0.39, 0.29) is 17.1 Å². The SMILES string of the molecule is Cc1ccc(C(=O)N2CCCC(C)(c3noc(-c4ccc(F)cc4)n3)C2)s1. The number of aryl methyl sites for hydroxylation is 1. The lowest BCUT2D eigenvalue weighted by molar-refractivity contribution is 0.0647. The summed E-state index contributed by atoms with van der Waals surface area (Å²) in [5.41, 5.74) is 0.304. The van der Waals surface area contributed by atoms with Gasteiger partial charge in [0.1, 0.15) is 5.82 Å². The molecule has 0 spiro atoms. The molecule has 4 rings (SSSR count). The second-order valence-corrected chi connectivity index (χ2v) is 8.52. The second-order valence-electron chi connectivity index (χ2n) is 7.23. The van der Waals surface area contributed by atoms with E-state index in [9.17, 15) is 9.18 Å². The molecule has 1 aliphatic rings. The molecular weight excluding hydrogens is 365 g/mol. The van der Waals surface area contributed by atoms with Crippen molar-refractivity contribution in [2.24, 2.45) is 0 Å². The number of aromatic nitrogens is 2. The van der Waals surface area contributed by atoms with Gasteiger partial charge in [0.15, 0.2) is 5.82 Å². The summed E-state index contributed by atoms with van der Waals surface area (Å²) in [5.74, 6) is 0.696. The minimum atomic E-state index is -0.373.